The minimum Gasteiger partial charge on any atom is -0.496 e. The summed E-state index contributed by atoms with van der Waals surface area (Å²) in [6.07, 6.45) is 0. The molecule has 0 radical (unpaired) electrons. The second-order valence-electron chi connectivity index (χ2n) is 5.04. The Hall–Kier alpha value is -0.630. The molecule has 0 saturated carbocycles. The van der Waals surface area contributed by atoms with Crippen LogP contribution >= 0.6 is 15.9 Å². The molecule has 0 aliphatic carbocycles. The molecule has 2 atom stereocenters. The lowest BCUT2D eigenvalue weighted by Gasteiger charge is -2.17. The molecule has 2 rings (SSSR count). The molecule has 0 spiro atoms. The molecule has 20 heavy (non-hydrogen) atoms. The van der Waals surface area contributed by atoms with E-state index in [0.717, 1.165) is 0 Å². The van der Waals surface area contributed by atoms with Crippen LogP contribution in [0.25, 0.3) is 0 Å². The molecule has 1 aliphatic rings. The van der Waals surface area contributed by atoms with Crippen molar-refractivity contribution in [2.24, 2.45) is 11.8 Å². The van der Waals surface area contributed by atoms with E-state index in [-0.39, 0.29) is 23.3 Å². The van der Waals surface area contributed by atoms with E-state index in [1.807, 2.05) is 6.92 Å². The number of aliphatic hydroxyl groups excluding tert-OH is 1. The monoisotopic (exact) mass is 363 g/mol. The van der Waals surface area contributed by atoms with Crippen LogP contribution in [0.1, 0.15) is 6.92 Å². The second kappa shape index (κ2) is 6.01. The Labute approximate surface area is 127 Å². The van der Waals surface area contributed by atoms with Crippen molar-refractivity contribution in [3.63, 3.8) is 0 Å². The van der Waals surface area contributed by atoms with Crippen molar-refractivity contribution in [1.29, 1.82) is 0 Å². The van der Waals surface area contributed by atoms with Crippen LogP contribution in [-0.2, 0) is 10.0 Å². The van der Waals surface area contributed by atoms with E-state index in [1.165, 1.54) is 17.5 Å². The molecule has 0 bridgehead atoms. The zero-order valence-electron chi connectivity index (χ0n) is 11.4. The smallest absolute Gasteiger partial charge is 0.243 e. The molecule has 1 saturated heterocycles. The second-order valence-corrected chi connectivity index (χ2v) is 7.83. The van der Waals surface area contributed by atoms with Gasteiger partial charge in [0.1, 0.15) is 5.75 Å². The standard InChI is InChI=1S/C13H18BrNO4S/c1-9-6-15(7-10(9)8-16)20(17,18)11-3-4-13(19-2)12(14)5-11/h3-5,9-10,16H,6-8H2,1-2H3/t9-,10+/m1/s1. The maximum absolute atomic E-state index is 12.6. The van der Waals surface area contributed by atoms with Crippen molar-refractivity contribution in [2.75, 3.05) is 26.8 Å². The summed E-state index contributed by atoms with van der Waals surface area (Å²) in [5, 5.41) is 9.26. The number of nitrogens with zero attached hydrogens (tertiary/aromatic N) is 1. The predicted molar refractivity (Wildman–Crippen MR) is 79.2 cm³/mol. The Morgan fingerprint density at radius 2 is 2.15 bits per heavy atom. The summed E-state index contributed by atoms with van der Waals surface area (Å²) in [5.41, 5.74) is 0. The van der Waals surface area contributed by atoms with Gasteiger partial charge in [0.15, 0.2) is 0 Å². The summed E-state index contributed by atoms with van der Waals surface area (Å²) in [7, 11) is -2.00. The summed E-state index contributed by atoms with van der Waals surface area (Å²) in [5.74, 6) is 0.759. The maximum atomic E-state index is 12.6. The van der Waals surface area contributed by atoms with E-state index in [9.17, 15) is 13.5 Å². The van der Waals surface area contributed by atoms with Crippen molar-refractivity contribution >= 4 is 26.0 Å². The van der Waals surface area contributed by atoms with E-state index in [0.29, 0.717) is 23.3 Å². The first-order valence-corrected chi connectivity index (χ1v) is 8.58. The van der Waals surface area contributed by atoms with Gasteiger partial charge in [0, 0.05) is 19.7 Å². The van der Waals surface area contributed by atoms with Gasteiger partial charge in [-0.05, 0) is 46.0 Å². The number of sulfonamides is 1. The van der Waals surface area contributed by atoms with Gasteiger partial charge in [-0.25, -0.2) is 8.42 Å². The Bertz CT molecular complexity index is 590. The summed E-state index contributed by atoms with van der Waals surface area (Å²) in [6.45, 7) is 2.78. The van der Waals surface area contributed by atoms with Gasteiger partial charge in [-0.1, -0.05) is 6.92 Å². The molecular formula is C13H18BrNO4S. The SMILES string of the molecule is COc1ccc(S(=O)(=O)N2C[C@@H](CO)[C@H](C)C2)cc1Br. The molecule has 1 fully saturated rings. The maximum Gasteiger partial charge on any atom is 0.243 e. The van der Waals surface area contributed by atoms with Gasteiger partial charge in [0.05, 0.1) is 16.5 Å². The fraction of sp³-hybridized carbons (Fsp3) is 0.538. The van der Waals surface area contributed by atoms with Crippen LogP contribution in [0.2, 0.25) is 0 Å². The fourth-order valence-electron chi connectivity index (χ4n) is 2.38. The van der Waals surface area contributed by atoms with Crippen molar-refractivity contribution < 1.29 is 18.3 Å². The first-order valence-electron chi connectivity index (χ1n) is 6.34. The van der Waals surface area contributed by atoms with Crippen LogP contribution < -0.4 is 4.74 Å². The number of rotatable bonds is 4. The topological polar surface area (TPSA) is 66.8 Å². The Kier molecular flexibility index (Phi) is 4.73. The molecular weight excluding hydrogens is 346 g/mol. The highest BCUT2D eigenvalue weighted by Gasteiger charge is 2.36. The lowest BCUT2D eigenvalue weighted by Crippen LogP contribution is -2.29. The van der Waals surface area contributed by atoms with Crippen LogP contribution in [0.4, 0.5) is 0 Å². The summed E-state index contributed by atoms with van der Waals surface area (Å²) >= 11 is 3.30. The van der Waals surface area contributed by atoms with Crippen LogP contribution in [0.3, 0.4) is 0 Å². The number of halogens is 1. The van der Waals surface area contributed by atoms with Gasteiger partial charge in [0.2, 0.25) is 10.0 Å². The lowest BCUT2D eigenvalue weighted by molar-refractivity contribution is 0.210. The quantitative estimate of drug-likeness (QED) is 0.883. The zero-order chi connectivity index (χ0) is 14.9. The molecule has 0 amide bonds. The molecule has 0 aromatic heterocycles. The molecule has 1 aromatic carbocycles. The Morgan fingerprint density at radius 3 is 2.65 bits per heavy atom. The molecule has 5 nitrogen and oxygen atoms in total. The Balaban J connectivity index is 2.29. The Morgan fingerprint density at radius 1 is 1.45 bits per heavy atom. The highest BCUT2D eigenvalue weighted by atomic mass is 79.9. The average Bonchev–Trinajstić information content (AvgIpc) is 2.80. The van der Waals surface area contributed by atoms with Gasteiger partial charge in [-0.15, -0.1) is 0 Å². The zero-order valence-corrected chi connectivity index (χ0v) is 13.8. The summed E-state index contributed by atoms with van der Waals surface area (Å²) in [6, 6.07) is 4.71. The van der Waals surface area contributed by atoms with Gasteiger partial charge in [-0.3, -0.25) is 0 Å². The highest BCUT2D eigenvalue weighted by molar-refractivity contribution is 9.10. The number of hydrogen-bond donors (Lipinski definition) is 1. The molecule has 112 valence electrons. The molecule has 1 N–H and O–H groups in total. The first kappa shape index (κ1) is 15.8. The van der Waals surface area contributed by atoms with Crippen molar-refractivity contribution in [3.8, 4) is 5.75 Å². The van der Waals surface area contributed by atoms with E-state index in [4.69, 9.17) is 4.74 Å². The fourth-order valence-corrected chi connectivity index (χ4v) is 4.69. The molecule has 1 aliphatic heterocycles. The third-order valence-electron chi connectivity index (χ3n) is 3.73. The first-order chi connectivity index (χ1) is 9.40. The van der Waals surface area contributed by atoms with E-state index < -0.39 is 10.0 Å². The number of methoxy groups -OCH3 is 1. The van der Waals surface area contributed by atoms with Crippen molar-refractivity contribution in [1.82, 2.24) is 4.31 Å². The summed E-state index contributed by atoms with van der Waals surface area (Å²) < 4.78 is 32.3. The minimum absolute atomic E-state index is 0.00599. The molecule has 1 heterocycles. The minimum atomic E-state index is -3.53. The molecule has 7 heteroatoms. The van der Waals surface area contributed by atoms with Crippen LogP contribution in [0.5, 0.6) is 5.75 Å². The summed E-state index contributed by atoms with van der Waals surface area (Å²) in [4.78, 5) is 0.232. The number of ether oxygens (including phenoxy) is 1. The van der Waals surface area contributed by atoms with Crippen LogP contribution in [0.15, 0.2) is 27.6 Å². The van der Waals surface area contributed by atoms with E-state index >= 15 is 0 Å². The van der Waals surface area contributed by atoms with Gasteiger partial charge >= 0.3 is 0 Å². The van der Waals surface area contributed by atoms with Gasteiger partial charge in [0.25, 0.3) is 0 Å². The van der Waals surface area contributed by atoms with E-state index in [1.54, 1.807) is 12.1 Å². The third kappa shape index (κ3) is 2.86. The lowest BCUT2D eigenvalue weighted by atomic mass is 10.00. The number of benzene rings is 1. The highest BCUT2D eigenvalue weighted by Crippen LogP contribution is 2.32. The molecule has 1 aromatic rings. The predicted octanol–water partition coefficient (Wildman–Crippen LogP) is 1.71. The van der Waals surface area contributed by atoms with Gasteiger partial charge < -0.3 is 9.84 Å². The van der Waals surface area contributed by atoms with E-state index in [2.05, 4.69) is 15.9 Å². The van der Waals surface area contributed by atoms with Gasteiger partial charge in [-0.2, -0.15) is 4.31 Å². The molecule has 0 unspecified atom stereocenters. The number of hydrogen-bond acceptors (Lipinski definition) is 4. The average molecular weight is 364 g/mol. The normalized spacial score (nSPS) is 24.0. The third-order valence-corrected chi connectivity index (χ3v) is 6.18. The van der Waals surface area contributed by atoms with Crippen LogP contribution in [0, 0.1) is 11.8 Å². The number of aliphatic hydroxyl groups is 1. The van der Waals surface area contributed by atoms with Crippen molar-refractivity contribution in [3.05, 3.63) is 22.7 Å². The van der Waals surface area contributed by atoms with Crippen LogP contribution in [-0.4, -0.2) is 44.6 Å². The largest absolute Gasteiger partial charge is 0.496 e. The van der Waals surface area contributed by atoms with Crippen molar-refractivity contribution in [2.45, 2.75) is 11.8 Å².